The molecular formula is C26H56N10. The second kappa shape index (κ2) is 22.9. The summed E-state index contributed by atoms with van der Waals surface area (Å²) in [6.07, 6.45) is 13.4. The Labute approximate surface area is 220 Å². The molecule has 0 bridgehead atoms. The van der Waals surface area contributed by atoms with Crippen molar-refractivity contribution in [3.05, 3.63) is 0 Å². The maximum atomic E-state index is 5.93. The van der Waals surface area contributed by atoms with Crippen LogP contribution >= 0.6 is 0 Å². The van der Waals surface area contributed by atoms with Gasteiger partial charge in [-0.25, -0.2) is 0 Å². The molecule has 10 N–H and O–H groups in total. The molecule has 10 heteroatoms. The molecule has 0 radical (unpaired) electrons. The van der Waals surface area contributed by atoms with E-state index in [-0.39, 0.29) is 0 Å². The highest BCUT2D eigenvalue weighted by Crippen LogP contribution is 2.13. The smallest absolute Gasteiger partial charge is 0.195 e. The minimum absolute atomic E-state index is 0.316. The van der Waals surface area contributed by atoms with E-state index in [0.29, 0.717) is 48.8 Å². The van der Waals surface area contributed by atoms with Crippen LogP contribution in [-0.4, -0.2) is 50.0 Å². The van der Waals surface area contributed by atoms with Gasteiger partial charge in [-0.05, 0) is 37.5 Å². The Balaban J connectivity index is 4.05. The summed E-state index contributed by atoms with van der Waals surface area (Å²) in [5.74, 6) is 2.44. The minimum atomic E-state index is 0.316. The van der Waals surface area contributed by atoms with E-state index in [1.807, 2.05) is 0 Å². The average molecular weight is 509 g/mol. The van der Waals surface area contributed by atoms with E-state index in [1.165, 1.54) is 38.5 Å². The summed E-state index contributed by atoms with van der Waals surface area (Å²) in [6, 6.07) is 0. The zero-order chi connectivity index (χ0) is 27.0. The molecule has 2 atom stereocenters. The summed E-state index contributed by atoms with van der Waals surface area (Å²) < 4.78 is 0. The molecule has 0 unspecified atom stereocenters. The lowest BCUT2D eigenvalue weighted by atomic mass is 10.00. The highest BCUT2D eigenvalue weighted by atomic mass is 15.2. The van der Waals surface area contributed by atoms with E-state index in [9.17, 15) is 0 Å². The first-order valence-electron chi connectivity index (χ1n) is 14.1. The van der Waals surface area contributed by atoms with E-state index in [0.717, 1.165) is 51.6 Å². The number of nitrogens with zero attached hydrogens (tertiary/aromatic N) is 4. The van der Waals surface area contributed by atoms with Gasteiger partial charge in [-0.15, -0.1) is 0 Å². The summed E-state index contributed by atoms with van der Waals surface area (Å²) in [5.41, 5.74) is 23.7. The summed E-state index contributed by atoms with van der Waals surface area (Å²) in [5, 5.41) is 5.76. The normalized spacial score (nSPS) is 15.1. The second-order valence-corrected chi connectivity index (χ2v) is 9.48. The highest BCUT2D eigenvalue weighted by Gasteiger charge is 2.06. The number of nitrogens with one attached hydrogen (secondary N) is 2. The van der Waals surface area contributed by atoms with E-state index in [2.05, 4.69) is 58.3 Å². The van der Waals surface area contributed by atoms with Crippen molar-refractivity contribution in [1.82, 2.24) is 10.6 Å². The third-order valence-electron chi connectivity index (χ3n) is 6.27. The molecule has 0 rings (SSSR count). The van der Waals surface area contributed by atoms with Crippen LogP contribution in [0.1, 0.15) is 105 Å². The Bertz CT molecular complexity index is 601. The lowest BCUT2D eigenvalue weighted by Crippen LogP contribution is -2.42. The zero-order valence-electron chi connectivity index (χ0n) is 23.6. The third-order valence-corrected chi connectivity index (χ3v) is 6.27. The van der Waals surface area contributed by atoms with Crippen LogP contribution in [0, 0.1) is 11.8 Å². The summed E-state index contributed by atoms with van der Waals surface area (Å²) >= 11 is 0. The van der Waals surface area contributed by atoms with Crippen molar-refractivity contribution in [3.63, 3.8) is 0 Å². The van der Waals surface area contributed by atoms with Crippen molar-refractivity contribution in [2.75, 3.05) is 26.2 Å². The molecule has 0 aromatic carbocycles. The lowest BCUT2D eigenvalue weighted by Gasteiger charge is -2.12. The third kappa shape index (κ3) is 19.8. The summed E-state index contributed by atoms with van der Waals surface area (Å²) in [7, 11) is 0. The van der Waals surface area contributed by atoms with Gasteiger partial charge in [0.05, 0.1) is 0 Å². The van der Waals surface area contributed by atoms with Crippen LogP contribution in [0.2, 0.25) is 0 Å². The van der Waals surface area contributed by atoms with Gasteiger partial charge in [0.2, 0.25) is 0 Å². The molecule has 0 aromatic rings. The van der Waals surface area contributed by atoms with Gasteiger partial charge in [0, 0.05) is 26.2 Å². The maximum absolute atomic E-state index is 5.93. The fourth-order valence-electron chi connectivity index (χ4n) is 3.69. The van der Waals surface area contributed by atoms with Crippen molar-refractivity contribution in [1.29, 1.82) is 0 Å². The van der Waals surface area contributed by atoms with Gasteiger partial charge in [0.15, 0.2) is 23.8 Å². The highest BCUT2D eigenvalue weighted by molar-refractivity contribution is 5.97. The molecule has 0 aliphatic carbocycles. The van der Waals surface area contributed by atoms with Gasteiger partial charge in [-0.3, -0.25) is 30.6 Å². The molecule has 0 heterocycles. The van der Waals surface area contributed by atoms with Crippen molar-refractivity contribution >= 4 is 23.8 Å². The Morgan fingerprint density at radius 3 is 1.22 bits per heavy atom. The van der Waals surface area contributed by atoms with Crippen molar-refractivity contribution < 1.29 is 0 Å². The van der Waals surface area contributed by atoms with Crippen LogP contribution < -0.4 is 33.6 Å². The molecule has 0 saturated heterocycles. The van der Waals surface area contributed by atoms with Crippen LogP contribution in [0.15, 0.2) is 20.0 Å². The molecule has 0 fully saturated rings. The van der Waals surface area contributed by atoms with E-state index >= 15 is 0 Å². The molecule has 10 nitrogen and oxygen atoms in total. The molecule has 0 aliphatic rings. The van der Waals surface area contributed by atoms with Gasteiger partial charge in [-0.1, -0.05) is 79.1 Å². The van der Waals surface area contributed by atoms with Crippen molar-refractivity contribution in [2.45, 2.75) is 105 Å². The van der Waals surface area contributed by atoms with Gasteiger partial charge in [-0.2, -0.15) is 0 Å². The molecule has 36 heavy (non-hydrogen) atoms. The number of rotatable bonds is 19. The zero-order valence-corrected chi connectivity index (χ0v) is 23.6. The van der Waals surface area contributed by atoms with Gasteiger partial charge in [0.1, 0.15) is 0 Å². The molecule has 210 valence electrons. The topological polar surface area (TPSA) is 178 Å². The average Bonchev–Trinajstić information content (AvgIpc) is 2.85. The quantitative estimate of drug-likeness (QED) is 0.0884. The Morgan fingerprint density at radius 1 is 0.528 bits per heavy atom. The molecule has 0 saturated carbocycles. The summed E-state index contributed by atoms with van der Waals surface area (Å²) in [4.78, 5) is 17.5. The van der Waals surface area contributed by atoms with Crippen molar-refractivity contribution in [2.24, 2.45) is 54.7 Å². The van der Waals surface area contributed by atoms with Crippen LogP contribution in [0.25, 0.3) is 0 Å². The van der Waals surface area contributed by atoms with Gasteiger partial charge in [0.25, 0.3) is 0 Å². The minimum Gasteiger partial charge on any atom is -0.370 e. The fourth-order valence-corrected chi connectivity index (χ4v) is 3.69. The number of hydrogen-bond acceptors (Lipinski definition) is 4. The van der Waals surface area contributed by atoms with Crippen molar-refractivity contribution in [3.8, 4) is 0 Å². The maximum Gasteiger partial charge on any atom is 0.195 e. The van der Waals surface area contributed by atoms with Crippen LogP contribution in [0.5, 0.6) is 0 Å². The first-order chi connectivity index (χ1) is 17.4. The first kappa shape index (κ1) is 33.5. The second-order valence-electron chi connectivity index (χ2n) is 9.48. The predicted molar refractivity (Wildman–Crippen MR) is 157 cm³/mol. The molecular weight excluding hydrogens is 452 g/mol. The standard InChI is InChI=1S/C26H56N10/c1-5-9-15-21(7-3)19-33-25(29)35-23(27)31-17-13-11-12-14-18-32-24(28)36-26(30)34-20-22(8-4)16-10-6-2/h21-22H,5-20H2,1-4H3,(H5,27,29,31,33,35)(H5,28,30,32,34,36)/t21-,22+. The van der Waals surface area contributed by atoms with Gasteiger partial charge < -0.3 is 22.9 Å². The van der Waals surface area contributed by atoms with E-state index < -0.39 is 0 Å². The molecule has 0 spiro atoms. The molecule has 0 amide bonds. The number of hydrogen-bond donors (Lipinski definition) is 6. The number of guanidine groups is 4. The Morgan fingerprint density at radius 2 is 0.889 bits per heavy atom. The number of unbranched alkanes of at least 4 members (excludes halogenated alkanes) is 5. The Kier molecular flexibility index (Phi) is 21.3. The number of nitrogens with two attached hydrogens (primary N) is 4. The number of aliphatic imine (C=N–C) groups is 4. The van der Waals surface area contributed by atoms with Crippen LogP contribution in [0.3, 0.4) is 0 Å². The first-order valence-corrected chi connectivity index (χ1v) is 14.1. The van der Waals surface area contributed by atoms with E-state index in [1.54, 1.807) is 0 Å². The fraction of sp³-hybridized carbons (Fsp3) is 0.846. The van der Waals surface area contributed by atoms with Crippen LogP contribution in [-0.2, 0) is 0 Å². The molecule has 0 aliphatic heterocycles. The summed E-state index contributed by atoms with van der Waals surface area (Å²) in [6.45, 7) is 11.5. The SMILES string of the molecule is CCCC[C@@H](CC)CN=C(N)NC(N)=NCCCCCCN=C(N)NC(N)=NC[C@@H](CC)CCCC. The molecule has 0 aromatic heterocycles. The Hall–Kier alpha value is -2.52. The largest absolute Gasteiger partial charge is 0.370 e. The monoisotopic (exact) mass is 508 g/mol. The lowest BCUT2D eigenvalue weighted by molar-refractivity contribution is 0.462. The van der Waals surface area contributed by atoms with E-state index in [4.69, 9.17) is 22.9 Å². The van der Waals surface area contributed by atoms with Crippen LogP contribution in [0.4, 0.5) is 0 Å². The van der Waals surface area contributed by atoms with Gasteiger partial charge >= 0.3 is 0 Å². The predicted octanol–water partition coefficient (Wildman–Crippen LogP) is 3.42.